The number of halogens is 1. The molecule has 3 rings (SSSR count). The highest BCUT2D eigenvalue weighted by molar-refractivity contribution is 6.30. The normalized spacial score (nSPS) is 13.2. The van der Waals surface area contributed by atoms with Crippen LogP contribution in [-0.4, -0.2) is 93.1 Å². The highest BCUT2D eigenvalue weighted by atomic mass is 35.5. The molecule has 440 valence electrons. The lowest BCUT2D eigenvalue weighted by molar-refractivity contribution is -0.161. The molecule has 80 heavy (non-hydrogen) atoms. The first-order valence-electron chi connectivity index (χ1n) is 28.4. The number of rotatable bonds is 35. The molecule has 0 aromatic heterocycles. The van der Waals surface area contributed by atoms with E-state index in [1.807, 2.05) is 64.1 Å². The van der Waals surface area contributed by atoms with Gasteiger partial charge < -0.3 is 30.1 Å². The summed E-state index contributed by atoms with van der Waals surface area (Å²) in [6.45, 7) is 19.2. The van der Waals surface area contributed by atoms with Crippen LogP contribution in [0.25, 0.3) is 0 Å². The first kappa shape index (κ1) is 68.1. The fourth-order valence-corrected chi connectivity index (χ4v) is 9.34. The monoisotopic (exact) mass is 1130 g/mol. The second kappa shape index (κ2) is 33.5. The van der Waals surface area contributed by atoms with Crippen molar-refractivity contribution in [3.63, 3.8) is 0 Å². The van der Waals surface area contributed by atoms with Crippen LogP contribution in [0.15, 0.2) is 78.9 Å². The maximum Gasteiger partial charge on any atom is 0.309 e. The zero-order chi connectivity index (χ0) is 59.6. The van der Waals surface area contributed by atoms with Crippen LogP contribution < -0.4 is 10.6 Å². The number of ether oxygens (including phenoxy) is 2. The van der Waals surface area contributed by atoms with Gasteiger partial charge in [-0.25, -0.2) is 0 Å². The molecule has 3 aromatic rings. The van der Waals surface area contributed by atoms with Crippen molar-refractivity contribution in [1.29, 1.82) is 0 Å². The van der Waals surface area contributed by atoms with E-state index in [1.54, 1.807) is 76.8 Å². The Balaban J connectivity index is 1.70. The molecule has 3 aromatic carbocycles. The fraction of sp³-hybridized carbons (Fsp3) is 0.578. The zero-order valence-corrected chi connectivity index (χ0v) is 50.0. The van der Waals surface area contributed by atoms with Crippen molar-refractivity contribution in [3.8, 4) is 5.75 Å². The van der Waals surface area contributed by atoms with Gasteiger partial charge in [0.25, 0.3) is 0 Å². The minimum Gasteiger partial charge on any atom is -0.508 e. The molecule has 3 amide bonds. The van der Waals surface area contributed by atoms with Crippen molar-refractivity contribution >= 4 is 64.4 Å². The highest BCUT2D eigenvalue weighted by Gasteiger charge is 2.33. The number of hydrogen-bond acceptors (Lipinski definition) is 12. The molecule has 0 radical (unpaired) electrons. The van der Waals surface area contributed by atoms with Gasteiger partial charge in [-0.3, -0.25) is 43.2 Å². The number of unbranched alkanes of at least 4 members (excludes halogenated alkanes) is 2. The predicted octanol–water partition coefficient (Wildman–Crippen LogP) is 11.2. The summed E-state index contributed by atoms with van der Waals surface area (Å²) in [5.41, 5.74) is 0.420. The van der Waals surface area contributed by atoms with Crippen molar-refractivity contribution in [1.82, 2.24) is 15.5 Å². The van der Waals surface area contributed by atoms with Gasteiger partial charge in [0.05, 0.1) is 12.0 Å². The van der Waals surface area contributed by atoms with E-state index in [-0.39, 0.29) is 143 Å². The Morgan fingerprint density at radius 1 is 0.613 bits per heavy atom. The summed E-state index contributed by atoms with van der Waals surface area (Å²) >= 11 is 6.33. The third-order valence-corrected chi connectivity index (χ3v) is 13.4. The van der Waals surface area contributed by atoms with Gasteiger partial charge in [0.15, 0.2) is 5.78 Å². The summed E-state index contributed by atoms with van der Waals surface area (Å²) in [6.07, 6.45) is 2.31. The number of amides is 3. The van der Waals surface area contributed by atoms with E-state index >= 15 is 0 Å². The second-order valence-electron chi connectivity index (χ2n) is 24.4. The zero-order valence-electron chi connectivity index (χ0n) is 49.2. The van der Waals surface area contributed by atoms with Crippen LogP contribution in [0.1, 0.15) is 182 Å². The van der Waals surface area contributed by atoms with Crippen molar-refractivity contribution in [2.45, 2.75) is 202 Å². The number of carbonyl (C=O) groups excluding carboxylic acids is 9. The van der Waals surface area contributed by atoms with E-state index in [1.165, 1.54) is 12.1 Å². The van der Waals surface area contributed by atoms with E-state index in [9.17, 15) is 48.3 Å². The molecular weight excluding hydrogens is 1040 g/mol. The van der Waals surface area contributed by atoms with Gasteiger partial charge in [-0.2, -0.15) is 0 Å². The second-order valence-corrected chi connectivity index (χ2v) is 24.8. The van der Waals surface area contributed by atoms with Crippen LogP contribution in [0.4, 0.5) is 0 Å². The summed E-state index contributed by atoms with van der Waals surface area (Å²) in [5, 5.41) is 16.1. The summed E-state index contributed by atoms with van der Waals surface area (Å²) in [7, 11) is 0. The van der Waals surface area contributed by atoms with Crippen molar-refractivity contribution < 1.29 is 57.7 Å². The Bertz CT molecular complexity index is 2510. The molecule has 0 saturated carbocycles. The molecule has 0 aliphatic heterocycles. The van der Waals surface area contributed by atoms with Crippen molar-refractivity contribution in [3.05, 3.63) is 101 Å². The predicted molar refractivity (Wildman–Crippen MR) is 310 cm³/mol. The quantitative estimate of drug-likeness (QED) is 0.0370. The summed E-state index contributed by atoms with van der Waals surface area (Å²) in [4.78, 5) is 124. The smallest absolute Gasteiger partial charge is 0.309 e. The van der Waals surface area contributed by atoms with Crippen LogP contribution in [0.2, 0.25) is 5.02 Å². The molecule has 0 heterocycles. The third-order valence-electron chi connectivity index (χ3n) is 13.1. The molecule has 4 atom stereocenters. The maximum atomic E-state index is 14.1. The minimum absolute atomic E-state index is 0.0366. The SMILES string of the molecule is CCCCNC(=O)[C@@H](CC(=O)[C@H](Cc1ccccc1)NC(=O)CCC(=O)CCC(=O)N(CCCC[C@H](CC(=O)C[C@@H](CCC(=O)OC(C)(C)C)C(=O)CC(C)(C)C)C(=O)OC(C)(C)C)Cc1cccc(Cl)c1)Cc1ccc(O)cc1. The number of benzene rings is 3. The average molecular weight is 1130 g/mol. The van der Waals surface area contributed by atoms with Gasteiger partial charge in [-0.1, -0.05) is 107 Å². The highest BCUT2D eigenvalue weighted by Crippen LogP contribution is 2.28. The number of Topliss-reactive ketones (excluding diaryl/α,β-unsaturated/α-hetero) is 4. The Kier molecular flexibility index (Phi) is 28.5. The molecule has 0 fully saturated rings. The number of hydrogen-bond donors (Lipinski definition) is 3. The van der Waals surface area contributed by atoms with Gasteiger partial charge in [-0.05, 0) is 126 Å². The first-order valence-corrected chi connectivity index (χ1v) is 28.8. The Hall–Kier alpha value is -6.22. The summed E-state index contributed by atoms with van der Waals surface area (Å²) in [6, 6.07) is 21.7. The van der Waals surface area contributed by atoms with Gasteiger partial charge in [0.1, 0.15) is 34.3 Å². The molecule has 0 aliphatic carbocycles. The average Bonchev–Trinajstić information content (AvgIpc) is 3.35. The van der Waals surface area contributed by atoms with E-state index in [0.29, 0.717) is 24.4 Å². The van der Waals surface area contributed by atoms with Crippen LogP contribution >= 0.6 is 11.6 Å². The summed E-state index contributed by atoms with van der Waals surface area (Å²) < 4.78 is 11.2. The van der Waals surface area contributed by atoms with E-state index < -0.39 is 52.8 Å². The minimum atomic E-state index is -0.990. The topological polar surface area (TPSA) is 220 Å². The molecule has 3 N–H and O–H groups in total. The number of nitrogens with zero attached hydrogens (tertiary/aromatic N) is 1. The van der Waals surface area contributed by atoms with Crippen molar-refractivity contribution in [2.75, 3.05) is 13.1 Å². The molecule has 16 heteroatoms. The largest absolute Gasteiger partial charge is 0.508 e. The number of phenolic OH excluding ortho intramolecular Hbond substituents is 1. The van der Waals surface area contributed by atoms with E-state index in [2.05, 4.69) is 10.6 Å². The number of phenols is 1. The number of ketones is 4. The van der Waals surface area contributed by atoms with Gasteiger partial charge in [-0.15, -0.1) is 0 Å². The number of nitrogens with one attached hydrogen (secondary N) is 2. The Labute approximate surface area is 480 Å². The molecule has 0 unspecified atom stereocenters. The molecule has 0 saturated heterocycles. The van der Waals surface area contributed by atoms with Crippen LogP contribution in [0.5, 0.6) is 5.75 Å². The van der Waals surface area contributed by atoms with Gasteiger partial charge >= 0.3 is 11.9 Å². The van der Waals surface area contributed by atoms with Crippen LogP contribution in [0, 0.1) is 23.2 Å². The maximum absolute atomic E-state index is 14.1. The molecular formula is C64H90ClN3O12. The first-order chi connectivity index (χ1) is 37.5. The lowest BCUT2D eigenvalue weighted by Gasteiger charge is -2.26. The van der Waals surface area contributed by atoms with Gasteiger partial charge in [0, 0.05) is 94.3 Å². The van der Waals surface area contributed by atoms with Crippen molar-refractivity contribution in [2.24, 2.45) is 23.2 Å². The Morgan fingerprint density at radius 3 is 1.86 bits per heavy atom. The summed E-state index contributed by atoms with van der Waals surface area (Å²) in [5.74, 6) is -5.46. The van der Waals surface area contributed by atoms with Crippen LogP contribution in [0.3, 0.4) is 0 Å². The standard InChI is InChI=1S/C64H90ClN3O12/c1-11-12-34-66-60(77)49(36-45-24-27-51(69)28-25-45)41-55(72)54(38-44-19-14-13-15-20-44)67-57(74)31-29-52(70)30-32-58(75)68(43-46-21-18-23-50(65)37-46)35-17-16-22-48(61(78)80-64(8,9)10)40-53(71)39-47(56(73)42-62(2,3)4)26-33-59(76)79-63(5,6)7/h13-15,18-21,23-25,27-28,37,47-49,54,69H,11-12,16-17,22,26,29-36,38-43H2,1-10H3,(H,66,77)(H,67,74)/t47-,48-,49-,54+/m1/s1. The van der Waals surface area contributed by atoms with E-state index in [0.717, 1.165) is 29.5 Å². The Morgan fingerprint density at radius 2 is 1.24 bits per heavy atom. The number of aromatic hydroxyl groups is 1. The lowest BCUT2D eigenvalue weighted by atomic mass is 9.81. The molecule has 0 bridgehead atoms. The van der Waals surface area contributed by atoms with Gasteiger partial charge in [0.2, 0.25) is 17.7 Å². The molecule has 15 nitrogen and oxygen atoms in total. The number of esters is 2. The molecule has 0 aliphatic rings. The lowest BCUT2D eigenvalue weighted by Crippen LogP contribution is -2.44. The molecule has 0 spiro atoms. The fourth-order valence-electron chi connectivity index (χ4n) is 9.13. The number of carbonyl (C=O) groups is 9. The third kappa shape index (κ3) is 28.8. The van der Waals surface area contributed by atoms with Crippen LogP contribution in [-0.2, 0) is 72.0 Å². The van der Waals surface area contributed by atoms with E-state index in [4.69, 9.17) is 21.1 Å².